The van der Waals surface area contributed by atoms with Crippen LogP contribution in [-0.4, -0.2) is 17.9 Å². The molecule has 3 rings (SSSR count). The Bertz CT molecular complexity index is 1070. The molecular weight excluding hydrogens is 474 g/mol. The van der Waals surface area contributed by atoms with Gasteiger partial charge >= 0.3 is 6.18 Å². The maximum absolute atomic E-state index is 12.9. The maximum atomic E-state index is 12.9. The lowest BCUT2D eigenvalue weighted by Gasteiger charge is -2.25. The predicted octanol–water partition coefficient (Wildman–Crippen LogP) is 6.16. The normalized spacial score (nSPS) is 13.4. The molecule has 0 aliphatic carbocycles. The molecule has 3 aromatic rings. The number of halogens is 5. The second kappa shape index (κ2) is 11.0. The zero-order chi connectivity index (χ0) is 24.0. The molecule has 4 nitrogen and oxygen atoms in total. The van der Waals surface area contributed by atoms with E-state index >= 15 is 0 Å². The van der Waals surface area contributed by atoms with Crippen molar-refractivity contribution in [1.29, 1.82) is 0 Å². The molecule has 0 aliphatic heterocycles. The van der Waals surface area contributed by atoms with Crippen LogP contribution in [0, 0.1) is 0 Å². The molecule has 2 atom stereocenters. The highest BCUT2D eigenvalue weighted by atomic mass is 35.5. The van der Waals surface area contributed by atoms with Crippen LogP contribution in [0.15, 0.2) is 66.7 Å². The Kier molecular flexibility index (Phi) is 8.35. The van der Waals surface area contributed by atoms with Gasteiger partial charge in [0.2, 0.25) is 5.91 Å². The van der Waals surface area contributed by atoms with Crippen LogP contribution >= 0.6 is 23.2 Å². The summed E-state index contributed by atoms with van der Waals surface area (Å²) < 4.78 is 38.6. The van der Waals surface area contributed by atoms with Gasteiger partial charge in [-0.15, -0.1) is 0 Å². The number of rotatable bonds is 8. The fourth-order valence-electron chi connectivity index (χ4n) is 3.43. The smallest absolute Gasteiger partial charge is 0.358 e. The van der Waals surface area contributed by atoms with Crippen LogP contribution in [0.25, 0.3) is 0 Å². The van der Waals surface area contributed by atoms with Crippen molar-refractivity contribution in [2.75, 3.05) is 7.05 Å². The van der Waals surface area contributed by atoms with Gasteiger partial charge in [0.05, 0.1) is 17.3 Å². The van der Waals surface area contributed by atoms with E-state index in [2.05, 4.69) is 15.6 Å². The van der Waals surface area contributed by atoms with Gasteiger partial charge in [-0.1, -0.05) is 53.5 Å². The Morgan fingerprint density at radius 1 is 1.00 bits per heavy atom. The van der Waals surface area contributed by atoms with Gasteiger partial charge in [0, 0.05) is 12.1 Å². The number of benzene rings is 2. The minimum atomic E-state index is -4.38. The first-order valence-electron chi connectivity index (χ1n) is 10.2. The molecule has 1 heterocycles. The molecule has 0 bridgehead atoms. The van der Waals surface area contributed by atoms with E-state index in [1.54, 1.807) is 49.5 Å². The van der Waals surface area contributed by atoms with Crippen molar-refractivity contribution in [3.63, 3.8) is 0 Å². The topological polar surface area (TPSA) is 54.0 Å². The van der Waals surface area contributed by atoms with Crippen molar-refractivity contribution in [3.05, 3.63) is 99.3 Å². The second-order valence-corrected chi connectivity index (χ2v) is 8.26. The predicted molar refractivity (Wildman–Crippen MR) is 123 cm³/mol. The van der Waals surface area contributed by atoms with Crippen LogP contribution in [0.4, 0.5) is 13.2 Å². The summed E-state index contributed by atoms with van der Waals surface area (Å²) in [6.07, 6.45) is -3.45. The molecule has 1 amide bonds. The van der Waals surface area contributed by atoms with E-state index in [1.165, 1.54) is 12.1 Å². The second-order valence-electron chi connectivity index (χ2n) is 7.44. The first kappa shape index (κ1) is 25.0. The number of likely N-dealkylation sites (N-methyl/N-ethyl adjacent to an activating group) is 1. The molecule has 1 unspecified atom stereocenters. The van der Waals surface area contributed by atoms with Gasteiger partial charge in [0.15, 0.2) is 0 Å². The van der Waals surface area contributed by atoms with Gasteiger partial charge in [-0.2, -0.15) is 13.2 Å². The quantitative estimate of drug-likeness (QED) is 0.368. The number of hydrogen-bond acceptors (Lipinski definition) is 3. The van der Waals surface area contributed by atoms with E-state index in [0.717, 1.165) is 17.7 Å². The number of amides is 1. The van der Waals surface area contributed by atoms with E-state index in [0.29, 0.717) is 34.3 Å². The summed E-state index contributed by atoms with van der Waals surface area (Å²) >= 11 is 12.1. The number of aryl methyl sites for hydroxylation is 1. The molecule has 1 aromatic heterocycles. The molecular formula is C24H22Cl2F3N3O. The number of pyridine rings is 1. The molecule has 0 aliphatic rings. The van der Waals surface area contributed by atoms with E-state index in [9.17, 15) is 18.0 Å². The first-order chi connectivity index (χ1) is 15.7. The highest BCUT2D eigenvalue weighted by Gasteiger charge is 2.30. The van der Waals surface area contributed by atoms with Crippen molar-refractivity contribution in [1.82, 2.24) is 15.6 Å². The molecule has 2 N–H and O–H groups in total. The van der Waals surface area contributed by atoms with Crippen molar-refractivity contribution >= 4 is 29.1 Å². The van der Waals surface area contributed by atoms with Gasteiger partial charge in [0.1, 0.15) is 11.2 Å². The van der Waals surface area contributed by atoms with Crippen molar-refractivity contribution < 1.29 is 18.0 Å². The Labute approximate surface area is 200 Å². The summed E-state index contributed by atoms with van der Waals surface area (Å²) in [6.45, 7) is 0. The fourth-order valence-corrected chi connectivity index (χ4v) is 3.73. The lowest BCUT2D eigenvalue weighted by molar-refractivity contribution is -0.137. The fraction of sp³-hybridized carbons (Fsp3) is 0.250. The zero-order valence-electron chi connectivity index (χ0n) is 17.7. The summed E-state index contributed by atoms with van der Waals surface area (Å²) in [7, 11) is 1.54. The molecule has 0 spiro atoms. The SMILES string of the molecule is CNC(=O)C(N[C@@H](CCc1ccc(C(F)(F)F)cc1)c1cccc(Cl)n1)c1ccc(Cl)cc1. The molecule has 33 heavy (non-hydrogen) atoms. The standard InChI is InChI=1S/C24H22Cl2F3N3O/c1-30-23(33)22(16-8-12-18(25)13-9-16)32-20(19-3-2-4-21(26)31-19)14-7-15-5-10-17(11-6-15)24(27,28)29/h2-6,8-13,20,22,32H,7,14H2,1H3,(H,30,33)/t20-,22?/m0/s1. The number of carbonyl (C=O) groups excluding carboxylic acids is 1. The van der Waals surface area contributed by atoms with Gasteiger partial charge in [-0.05, 0) is 60.4 Å². The number of nitrogens with zero attached hydrogens (tertiary/aromatic N) is 1. The molecule has 0 radical (unpaired) electrons. The van der Waals surface area contributed by atoms with Crippen molar-refractivity contribution in [2.45, 2.75) is 31.1 Å². The number of nitrogens with one attached hydrogen (secondary N) is 2. The van der Waals surface area contributed by atoms with Crippen LogP contribution in [-0.2, 0) is 17.4 Å². The Morgan fingerprint density at radius 2 is 1.67 bits per heavy atom. The van der Waals surface area contributed by atoms with E-state index < -0.39 is 23.8 Å². The number of alkyl halides is 3. The summed E-state index contributed by atoms with van der Waals surface area (Å²) in [6, 6.07) is 16.1. The number of carbonyl (C=O) groups is 1. The van der Waals surface area contributed by atoms with E-state index in [4.69, 9.17) is 23.2 Å². The molecule has 0 fully saturated rings. The summed E-state index contributed by atoms with van der Waals surface area (Å²) in [5.41, 5.74) is 1.37. The molecule has 0 saturated heterocycles. The Hall–Kier alpha value is -2.61. The first-order valence-corrected chi connectivity index (χ1v) is 10.9. The van der Waals surface area contributed by atoms with Gasteiger partial charge < -0.3 is 5.32 Å². The maximum Gasteiger partial charge on any atom is 0.416 e. The third kappa shape index (κ3) is 6.93. The molecule has 174 valence electrons. The average molecular weight is 496 g/mol. The summed E-state index contributed by atoms with van der Waals surface area (Å²) in [5, 5.41) is 6.84. The average Bonchev–Trinajstić information content (AvgIpc) is 2.79. The molecule has 2 aromatic carbocycles. The van der Waals surface area contributed by atoms with Crippen LogP contribution in [0.3, 0.4) is 0 Å². The summed E-state index contributed by atoms with van der Waals surface area (Å²) in [4.78, 5) is 17.1. The highest BCUT2D eigenvalue weighted by Crippen LogP contribution is 2.30. The number of aromatic nitrogens is 1. The van der Waals surface area contributed by atoms with Gasteiger partial charge in [-0.3, -0.25) is 10.1 Å². The van der Waals surface area contributed by atoms with Gasteiger partial charge in [0.25, 0.3) is 0 Å². The lowest BCUT2D eigenvalue weighted by Crippen LogP contribution is -2.38. The Morgan fingerprint density at radius 3 is 2.24 bits per heavy atom. The highest BCUT2D eigenvalue weighted by molar-refractivity contribution is 6.30. The van der Waals surface area contributed by atoms with Crippen molar-refractivity contribution in [3.8, 4) is 0 Å². The van der Waals surface area contributed by atoms with Crippen LogP contribution in [0.2, 0.25) is 10.2 Å². The number of hydrogen-bond donors (Lipinski definition) is 2. The van der Waals surface area contributed by atoms with Crippen LogP contribution in [0.1, 0.15) is 40.9 Å². The van der Waals surface area contributed by atoms with E-state index in [1.807, 2.05) is 0 Å². The minimum absolute atomic E-state index is 0.251. The minimum Gasteiger partial charge on any atom is -0.358 e. The third-order valence-corrected chi connectivity index (χ3v) is 5.64. The summed E-state index contributed by atoms with van der Waals surface area (Å²) in [5.74, 6) is -0.251. The third-order valence-electron chi connectivity index (χ3n) is 5.18. The van der Waals surface area contributed by atoms with Crippen LogP contribution in [0.5, 0.6) is 0 Å². The monoisotopic (exact) mass is 495 g/mol. The zero-order valence-corrected chi connectivity index (χ0v) is 19.2. The van der Waals surface area contributed by atoms with E-state index in [-0.39, 0.29) is 5.91 Å². The van der Waals surface area contributed by atoms with Crippen molar-refractivity contribution in [2.24, 2.45) is 0 Å². The molecule has 9 heteroatoms. The lowest BCUT2D eigenvalue weighted by atomic mass is 9.98. The Balaban J connectivity index is 1.85. The largest absolute Gasteiger partial charge is 0.416 e. The van der Waals surface area contributed by atoms with Crippen LogP contribution < -0.4 is 10.6 Å². The van der Waals surface area contributed by atoms with Gasteiger partial charge in [-0.25, -0.2) is 4.98 Å². The molecule has 0 saturated carbocycles.